The summed E-state index contributed by atoms with van der Waals surface area (Å²) in [6, 6.07) is 3.69. The minimum atomic E-state index is -0.839. The van der Waals surface area contributed by atoms with Gasteiger partial charge in [0, 0.05) is 21.6 Å². The third kappa shape index (κ3) is 3.66. The first-order valence-electron chi connectivity index (χ1n) is 6.59. The van der Waals surface area contributed by atoms with Crippen molar-refractivity contribution in [2.24, 2.45) is 0 Å². The maximum atomic E-state index is 11.1. The molecule has 1 aromatic rings. The smallest absolute Gasteiger partial charge is 0.304 e. The number of hydrogen-bond donors (Lipinski definition) is 1. The van der Waals surface area contributed by atoms with E-state index in [2.05, 4.69) is 20.8 Å². The van der Waals surface area contributed by atoms with Gasteiger partial charge in [-0.25, -0.2) is 0 Å². The Balaban J connectivity index is 3.54. The number of benzene rings is 1. The van der Waals surface area contributed by atoms with Gasteiger partial charge in [0.25, 0.3) is 0 Å². The van der Waals surface area contributed by atoms with E-state index >= 15 is 0 Å². The fraction of sp³-hybridized carbons (Fsp3) is 0.562. The molecule has 0 spiro atoms. The Bertz CT molecular complexity index is 513. The molecule has 0 aliphatic carbocycles. The van der Waals surface area contributed by atoms with E-state index in [1.807, 2.05) is 19.9 Å². The van der Waals surface area contributed by atoms with Crippen LogP contribution in [-0.4, -0.2) is 18.2 Å². The Labute approximate surface area is 125 Å². The number of methoxy groups -OCH3 is 1. The number of aliphatic carboxylic acids is 1. The fourth-order valence-corrected chi connectivity index (χ4v) is 2.56. The molecule has 0 aromatic heterocycles. The van der Waals surface area contributed by atoms with Crippen LogP contribution in [0.5, 0.6) is 5.75 Å². The standard InChI is InChI=1S/C16H23ClO3/c1-15(2,3)11-7-10(17)8-12(14(11)20-6)16(4,5)9-13(18)19/h7-8H,9H2,1-6H3,(H,18,19). The fourth-order valence-electron chi connectivity index (χ4n) is 2.35. The molecule has 0 atom stereocenters. The molecular weight excluding hydrogens is 276 g/mol. The number of ether oxygens (including phenoxy) is 1. The quantitative estimate of drug-likeness (QED) is 0.896. The van der Waals surface area contributed by atoms with E-state index < -0.39 is 11.4 Å². The lowest BCUT2D eigenvalue weighted by atomic mass is 9.77. The Morgan fingerprint density at radius 1 is 1.20 bits per heavy atom. The van der Waals surface area contributed by atoms with Gasteiger partial charge in [-0.2, -0.15) is 0 Å². The number of carbonyl (C=O) groups is 1. The zero-order valence-corrected chi connectivity index (χ0v) is 13.8. The SMILES string of the molecule is COc1c(C(C)(C)C)cc(Cl)cc1C(C)(C)CC(=O)O. The summed E-state index contributed by atoms with van der Waals surface area (Å²) < 4.78 is 5.57. The largest absolute Gasteiger partial charge is 0.496 e. The molecular formula is C16H23ClO3. The van der Waals surface area contributed by atoms with Crippen molar-refractivity contribution in [3.63, 3.8) is 0 Å². The lowest BCUT2D eigenvalue weighted by Gasteiger charge is -2.30. The van der Waals surface area contributed by atoms with Crippen molar-refractivity contribution < 1.29 is 14.6 Å². The van der Waals surface area contributed by atoms with Crippen LogP contribution in [0.25, 0.3) is 0 Å². The van der Waals surface area contributed by atoms with Gasteiger partial charge in [0.05, 0.1) is 13.5 Å². The van der Waals surface area contributed by atoms with E-state index in [-0.39, 0.29) is 11.8 Å². The summed E-state index contributed by atoms with van der Waals surface area (Å²) in [6.45, 7) is 10.0. The number of rotatable bonds is 4. The zero-order valence-electron chi connectivity index (χ0n) is 13.0. The second-order valence-corrected chi connectivity index (χ2v) is 7.17. The van der Waals surface area contributed by atoms with Gasteiger partial charge >= 0.3 is 5.97 Å². The van der Waals surface area contributed by atoms with E-state index in [4.69, 9.17) is 21.4 Å². The molecule has 0 saturated carbocycles. The Morgan fingerprint density at radius 3 is 2.10 bits per heavy atom. The van der Waals surface area contributed by atoms with Crippen LogP contribution in [0.3, 0.4) is 0 Å². The predicted molar refractivity (Wildman–Crippen MR) is 82.0 cm³/mol. The molecule has 0 aliphatic heterocycles. The molecule has 0 radical (unpaired) electrons. The van der Waals surface area contributed by atoms with Crippen LogP contribution in [0.4, 0.5) is 0 Å². The van der Waals surface area contributed by atoms with Crippen LogP contribution in [0.2, 0.25) is 5.02 Å². The molecule has 4 heteroatoms. The molecule has 0 saturated heterocycles. The third-order valence-electron chi connectivity index (χ3n) is 3.39. The number of carboxylic acids is 1. The van der Waals surface area contributed by atoms with E-state index in [0.29, 0.717) is 5.02 Å². The van der Waals surface area contributed by atoms with E-state index in [1.54, 1.807) is 13.2 Å². The molecule has 112 valence electrons. The first kappa shape index (κ1) is 16.8. The maximum absolute atomic E-state index is 11.1. The average molecular weight is 299 g/mol. The van der Waals surface area contributed by atoms with Gasteiger partial charge in [-0.1, -0.05) is 46.2 Å². The van der Waals surface area contributed by atoms with Gasteiger partial charge in [0.15, 0.2) is 0 Å². The van der Waals surface area contributed by atoms with Crippen LogP contribution >= 0.6 is 11.6 Å². The summed E-state index contributed by atoms with van der Waals surface area (Å²) in [7, 11) is 1.61. The second-order valence-electron chi connectivity index (χ2n) is 6.74. The van der Waals surface area contributed by atoms with Crippen molar-refractivity contribution in [3.8, 4) is 5.75 Å². The molecule has 0 amide bonds. The van der Waals surface area contributed by atoms with Gasteiger partial charge in [-0.3, -0.25) is 4.79 Å². The molecule has 0 heterocycles. The summed E-state index contributed by atoms with van der Waals surface area (Å²) in [5.74, 6) is -0.109. The number of carboxylic acid groups (broad SMARTS) is 1. The Morgan fingerprint density at radius 2 is 1.70 bits per heavy atom. The van der Waals surface area contributed by atoms with E-state index in [1.165, 1.54) is 0 Å². The summed E-state index contributed by atoms with van der Waals surface area (Å²) in [5.41, 5.74) is 1.13. The molecule has 1 N–H and O–H groups in total. The molecule has 0 fully saturated rings. The summed E-state index contributed by atoms with van der Waals surface area (Å²) >= 11 is 6.22. The van der Waals surface area contributed by atoms with Crippen LogP contribution in [0, 0.1) is 0 Å². The van der Waals surface area contributed by atoms with Crippen molar-refractivity contribution in [1.29, 1.82) is 0 Å². The van der Waals surface area contributed by atoms with Crippen molar-refractivity contribution in [1.82, 2.24) is 0 Å². The second kappa shape index (κ2) is 5.65. The van der Waals surface area contributed by atoms with Crippen molar-refractivity contribution in [2.75, 3.05) is 7.11 Å². The summed E-state index contributed by atoms with van der Waals surface area (Å²) in [5, 5.41) is 9.70. The highest BCUT2D eigenvalue weighted by Gasteiger charge is 2.31. The molecule has 0 aliphatic rings. The molecule has 1 aromatic carbocycles. The lowest BCUT2D eigenvalue weighted by molar-refractivity contribution is -0.138. The highest BCUT2D eigenvalue weighted by molar-refractivity contribution is 6.30. The normalized spacial score (nSPS) is 12.3. The van der Waals surface area contributed by atoms with Gasteiger partial charge in [-0.05, 0) is 17.5 Å². The molecule has 0 unspecified atom stereocenters. The van der Waals surface area contributed by atoms with Crippen LogP contribution in [-0.2, 0) is 15.6 Å². The molecule has 0 bridgehead atoms. The van der Waals surface area contributed by atoms with Crippen LogP contribution in [0.15, 0.2) is 12.1 Å². The van der Waals surface area contributed by atoms with Crippen molar-refractivity contribution >= 4 is 17.6 Å². The minimum Gasteiger partial charge on any atom is -0.496 e. The highest BCUT2D eigenvalue weighted by atomic mass is 35.5. The van der Waals surface area contributed by atoms with Gasteiger partial charge in [0.1, 0.15) is 5.75 Å². The molecule has 1 rings (SSSR count). The topological polar surface area (TPSA) is 46.5 Å². The van der Waals surface area contributed by atoms with Crippen LogP contribution in [0.1, 0.15) is 52.2 Å². The first-order valence-corrected chi connectivity index (χ1v) is 6.97. The minimum absolute atomic E-state index is 0.0211. The predicted octanol–water partition coefficient (Wildman–Crippen LogP) is 4.40. The maximum Gasteiger partial charge on any atom is 0.304 e. The third-order valence-corrected chi connectivity index (χ3v) is 3.61. The first-order chi connectivity index (χ1) is 8.99. The van der Waals surface area contributed by atoms with E-state index in [9.17, 15) is 4.79 Å². The van der Waals surface area contributed by atoms with Gasteiger partial charge in [0.2, 0.25) is 0 Å². The van der Waals surface area contributed by atoms with Crippen LogP contribution < -0.4 is 4.74 Å². The van der Waals surface area contributed by atoms with Gasteiger partial charge in [-0.15, -0.1) is 0 Å². The van der Waals surface area contributed by atoms with Gasteiger partial charge < -0.3 is 9.84 Å². The molecule has 20 heavy (non-hydrogen) atoms. The highest BCUT2D eigenvalue weighted by Crippen LogP contribution is 2.42. The Kier molecular flexibility index (Phi) is 4.75. The Hall–Kier alpha value is -1.22. The number of hydrogen-bond acceptors (Lipinski definition) is 2. The molecule has 3 nitrogen and oxygen atoms in total. The lowest BCUT2D eigenvalue weighted by Crippen LogP contribution is -2.24. The van der Waals surface area contributed by atoms with E-state index in [0.717, 1.165) is 16.9 Å². The monoisotopic (exact) mass is 298 g/mol. The average Bonchev–Trinajstić information content (AvgIpc) is 2.24. The van der Waals surface area contributed by atoms with Crippen molar-refractivity contribution in [2.45, 2.75) is 51.9 Å². The summed E-state index contributed by atoms with van der Waals surface area (Å²) in [4.78, 5) is 11.1. The zero-order chi connectivity index (χ0) is 15.7. The number of halogens is 1. The summed E-state index contributed by atoms with van der Waals surface area (Å²) in [6.07, 6.45) is 0.0211. The van der Waals surface area contributed by atoms with Crippen molar-refractivity contribution in [3.05, 3.63) is 28.3 Å².